The first-order chi connectivity index (χ1) is 13.1. The second kappa shape index (κ2) is 7.72. The van der Waals surface area contributed by atoms with Gasteiger partial charge in [-0.2, -0.15) is 0 Å². The van der Waals surface area contributed by atoms with E-state index < -0.39 is 0 Å². The van der Waals surface area contributed by atoms with Gasteiger partial charge in [0.15, 0.2) is 0 Å². The number of hydrogen-bond donors (Lipinski definition) is 2. The van der Waals surface area contributed by atoms with E-state index in [1.54, 1.807) is 30.6 Å². The summed E-state index contributed by atoms with van der Waals surface area (Å²) in [4.78, 5) is 6.07. The molecule has 3 aromatic rings. The first-order valence-electron chi connectivity index (χ1n) is 8.63. The van der Waals surface area contributed by atoms with E-state index in [2.05, 4.69) is 11.4 Å². The number of hydrogen-bond acceptors (Lipinski definition) is 5. The van der Waals surface area contributed by atoms with Crippen molar-refractivity contribution in [1.29, 1.82) is 0 Å². The lowest BCUT2D eigenvalue weighted by Crippen LogP contribution is -2.32. The number of benzene rings is 2. The molecule has 0 fully saturated rings. The minimum Gasteiger partial charge on any atom is -0.508 e. The highest BCUT2D eigenvalue weighted by molar-refractivity contribution is 7.10. The summed E-state index contributed by atoms with van der Waals surface area (Å²) in [5, 5.41) is 16.6. The van der Waals surface area contributed by atoms with Gasteiger partial charge >= 0.3 is 0 Å². The zero-order valence-electron chi connectivity index (χ0n) is 14.7. The fourth-order valence-electron chi connectivity index (χ4n) is 3.26. The molecule has 0 unspecified atom stereocenters. The van der Waals surface area contributed by atoms with Gasteiger partial charge in [-0.1, -0.05) is 17.7 Å². The lowest BCUT2D eigenvalue weighted by Gasteiger charge is -2.30. The monoisotopic (exact) mass is 398 g/mol. The van der Waals surface area contributed by atoms with Gasteiger partial charge in [0.1, 0.15) is 17.7 Å². The van der Waals surface area contributed by atoms with E-state index in [1.165, 1.54) is 0 Å². The second-order valence-electron chi connectivity index (χ2n) is 6.35. The predicted molar refractivity (Wildman–Crippen MR) is 110 cm³/mol. The summed E-state index contributed by atoms with van der Waals surface area (Å²) < 4.78 is 5.26. The van der Waals surface area contributed by atoms with Crippen LogP contribution in [0.15, 0.2) is 65.0 Å². The first kappa shape index (κ1) is 18.0. The van der Waals surface area contributed by atoms with Crippen molar-refractivity contribution < 1.29 is 9.84 Å². The Labute approximate surface area is 167 Å². The van der Waals surface area contributed by atoms with Crippen LogP contribution in [0.3, 0.4) is 0 Å². The first-order valence-corrected chi connectivity index (χ1v) is 9.89. The summed E-state index contributed by atoms with van der Waals surface area (Å²) in [6, 6.07) is 17.0. The number of halogens is 1. The quantitative estimate of drug-likeness (QED) is 0.623. The summed E-state index contributed by atoms with van der Waals surface area (Å²) >= 11 is 7.84. The van der Waals surface area contributed by atoms with Crippen molar-refractivity contribution in [3.05, 3.63) is 81.0 Å². The number of phenolic OH excluding ortho intramolecular Hbond substituents is 1. The van der Waals surface area contributed by atoms with E-state index in [1.807, 2.05) is 41.8 Å². The Kier molecular flexibility index (Phi) is 5.16. The third kappa shape index (κ3) is 3.86. The van der Waals surface area contributed by atoms with E-state index >= 15 is 0 Å². The molecule has 2 aromatic carbocycles. The highest BCUT2D eigenvalue weighted by atomic mass is 35.5. The van der Waals surface area contributed by atoms with Gasteiger partial charge in [-0.25, -0.2) is 0 Å². The minimum absolute atomic E-state index is 0.0922. The van der Waals surface area contributed by atoms with Crippen LogP contribution in [0.4, 0.5) is 0 Å². The number of nitrogens with one attached hydrogen (secondary N) is 1. The summed E-state index contributed by atoms with van der Waals surface area (Å²) in [5.74, 6) is 1.05. The Morgan fingerprint density at radius 2 is 2.00 bits per heavy atom. The molecule has 6 heteroatoms. The highest BCUT2D eigenvalue weighted by Gasteiger charge is 2.28. The van der Waals surface area contributed by atoms with Crippen molar-refractivity contribution in [2.24, 2.45) is 4.99 Å². The normalized spacial score (nSPS) is 19.6. The Hall–Kier alpha value is -2.34. The Bertz CT molecular complexity index is 955. The molecule has 1 aliphatic heterocycles. The maximum Gasteiger partial charge on any atom is 0.135 e. The van der Waals surface area contributed by atoms with Crippen molar-refractivity contribution in [3.63, 3.8) is 0 Å². The minimum atomic E-state index is -0.167. The van der Waals surface area contributed by atoms with Crippen LogP contribution in [0.5, 0.6) is 11.5 Å². The molecule has 4 nitrogen and oxygen atoms in total. The van der Waals surface area contributed by atoms with Crippen LogP contribution in [-0.2, 0) is 0 Å². The third-order valence-corrected chi connectivity index (χ3v) is 5.80. The maximum atomic E-state index is 10.4. The molecule has 27 heavy (non-hydrogen) atoms. The van der Waals surface area contributed by atoms with E-state index in [0.29, 0.717) is 11.4 Å². The molecule has 2 atom stereocenters. The Balaban J connectivity index is 1.73. The van der Waals surface area contributed by atoms with E-state index in [4.69, 9.17) is 21.3 Å². The maximum absolute atomic E-state index is 10.4. The summed E-state index contributed by atoms with van der Waals surface area (Å²) in [6.07, 6.45) is 0.487. The molecule has 1 aliphatic rings. The van der Waals surface area contributed by atoms with Crippen LogP contribution in [0.25, 0.3) is 0 Å². The fraction of sp³-hybridized carbons (Fsp3) is 0.190. The van der Waals surface area contributed by atoms with Crippen molar-refractivity contribution in [3.8, 4) is 11.5 Å². The molecule has 0 aliphatic carbocycles. The number of nitrogens with zero attached hydrogens (tertiary/aromatic N) is 1. The van der Waals surface area contributed by atoms with Gasteiger partial charge < -0.3 is 9.84 Å². The van der Waals surface area contributed by atoms with Crippen molar-refractivity contribution in [1.82, 2.24) is 5.32 Å². The fourth-order valence-corrected chi connectivity index (χ4v) is 4.16. The Morgan fingerprint density at radius 3 is 2.70 bits per heavy atom. The summed E-state index contributed by atoms with van der Waals surface area (Å²) in [7, 11) is 1.65. The number of ether oxygens (including phenoxy) is 1. The number of rotatable bonds is 4. The average molecular weight is 399 g/mol. The van der Waals surface area contributed by atoms with Crippen LogP contribution in [-0.4, -0.2) is 17.9 Å². The van der Waals surface area contributed by atoms with Crippen LogP contribution in [0.2, 0.25) is 5.02 Å². The summed E-state index contributed by atoms with van der Waals surface area (Å²) in [6.45, 7) is 0. The van der Waals surface area contributed by atoms with Gasteiger partial charge in [0.25, 0.3) is 0 Å². The molecule has 0 saturated carbocycles. The molecule has 0 spiro atoms. The zero-order chi connectivity index (χ0) is 18.8. The van der Waals surface area contributed by atoms with Crippen LogP contribution in [0, 0.1) is 0 Å². The van der Waals surface area contributed by atoms with E-state index in [9.17, 15) is 5.11 Å². The highest BCUT2D eigenvalue weighted by Crippen LogP contribution is 2.36. The zero-order valence-corrected chi connectivity index (χ0v) is 16.3. The molecule has 0 saturated heterocycles. The molecule has 0 bridgehead atoms. The molecule has 1 aromatic heterocycles. The standard InChI is InChI=1S/C21H19ClN2O2S/c1-26-15-7-4-13(5-8-15)17-12-18(16-11-14(22)6-9-19(16)25)24-21(23-17)20-3-2-10-27-20/h2-11,18,21,24-25H,12H2,1H3/t18-,21+/m0/s1. The van der Waals surface area contributed by atoms with Gasteiger partial charge in [0, 0.05) is 33.6 Å². The molecule has 2 heterocycles. The number of aromatic hydroxyl groups is 1. The van der Waals surface area contributed by atoms with Gasteiger partial charge in [0.05, 0.1) is 7.11 Å². The van der Waals surface area contributed by atoms with Gasteiger partial charge in [-0.3, -0.25) is 10.3 Å². The number of methoxy groups -OCH3 is 1. The van der Waals surface area contributed by atoms with Crippen LogP contribution < -0.4 is 10.1 Å². The molecular formula is C21H19ClN2O2S. The smallest absolute Gasteiger partial charge is 0.135 e. The second-order valence-corrected chi connectivity index (χ2v) is 7.76. The molecule has 138 valence electrons. The van der Waals surface area contributed by atoms with Crippen LogP contribution >= 0.6 is 22.9 Å². The third-order valence-electron chi connectivity index (χ3n) is 4.64. The molecule has 0 radical (unpaired) electrons. The topological polar surface area (TPSA) is 53.8 Å². The van der Waals surface area contributed by atoms with Gasteiger partial charge in [-0.15, -0.1) is 11.3 Å². The number of phenols is 1. The van der Waals surface area contributed by atoms with E-state index in [0.717, 1.165) is 27.5 Å². The van der Waals surface area contributed by atoms with Crippen molar-refractivity contribution >= 4 is 28.6 Å². The lowest BCUT2D eigenvalue weighted by atomic mass is 9.94. The van der Waals surface area contributed by atoms with Crippen molar-refractivity contribution in [2.75, 3.05) is 7.11 Å². The SMILES string of the molecule is COc1ccc(C2=N[C@@H](c3cccs3)N[C@H](c3cc(Cl)ccc3O)C2)cc1. The molecule has 0 amide bonds. The van der Waals surface area contributed by atoms with E-state index in [-0.39, 0.29) is 18.0 Å². The number of thiophene rings is 1. The largest absolute Gasteiger partial charge is 0.508 e. The predicted octanol–water partition coefficient (Wildman–Crippen LogP) is 5.34. The van der Waals surface area contributed by atoms with Gasteiger partial charge in [-0.05, 0) is 59.5 Å². The molecule has 2 N–H and O–H groups in total. The van der Waals surface area contributed by atoms with Crippen LogP contribution in [0.1, 0.15) is 34.6 Å². The average Bonchev–Trinajstić information content (AvgIpc) is 3.24. The van der Waals surface area contributed by atoms with Crippen molar-refractivity contribution in [2.45, 2.75) is 18.6 Å². The molecular weight excluding hydrogens is 380 g/mol. The van der Waals surface area contributed by atoms with Gasteiger partial charge in [0.2, 0.25) is 0 Å². The summed E-state index contributed by atoms with van der Waals surface area (Å²) in [5.41, 5.74) is 2.81. The lowest BCUT2D eigenvalue weighted by molar-refractivity contribution is 0.414. The number of aliphatic imine (C=N–C) groups is 1. The molecule has 4 rings (SSSR count). The Morgan fingerprint density at radius 1 is 1.19 bits per heavy atom.